The summed E-state index contributed by atoms with van der Waals surface area (Å²) in [4.78, 5) is 21.4. The molecule has 0 aromatic carbocycles. The molecule has 0 fully saturated rings. The van der Waals surface area contributed by atoms with Crippen molar-refractivity contribution in [3.8, 4) is 0 Å². The summed E-state index contributed by atoms with van der Waals surface area (Å²) >= 11 is 0. The number of carboxylic acid groups (broad SMARTS) is 1. The zero-order valence-electron chi connectivity index (χ0n) is 8.69. The predicted molar refractivity (Wildman–Crippen MR) is 54.1 cm³/mol. The van der Waals surface area contributed by atoms with Gasteiger partial charge in [0.15, 0.2) is 9.84 Å². The van der Waals surface area contributed by atoms with Crippen LogP contribution in [0.2, 0.25) is 0 Å². The maximum atomic E-state index is 11.1. The van der Waals surface area contributed by atoms with E-state index in [1.54, 1.807) is 0 Å². The van der Waals surface area contributed by atoms with Gasteiger partial charge in [0, 0.05) is 12.3 Å². The molecule has 1 amide bonds. The molecule has 1 atom stereocenters. The highest BCUT2D eigenvalue weighted by Gasteiger charge is 2.16. The van der Waals surface area contributed by atoms with Crippen LogP contribution in [-0.2, 0) is 19.4 Å². The van der Waals surface area contributed by atoms with Crippen molar-refractivity contribution in [3.63, 3.8) is 0 Å². The van der Waals surface area contributed by atoms with E-state index in [9.17, 15) is 18.0 Å². The minimum Gasteiger partial charge on any atom is -0.481 e. The maximum Gasteiger partial charge on any atom is 0.308 e. The van der Waals surface area contributed by atoms with Crippen LogP contribution in [0.25, 0.3) is 0 Å². The minimum atomic E-state index is -3.35. The lowest BCUT2D eigenvalue weighted by Gasteiger charge is -2.07. The van der Waals surface area contributed by atoms with Crippen LogP contribution in [0, 0.1) is 5.92 Å². The quantitative estimate of drug-likeness (QED) is 0.633. The summed E-state index contributed by atoms with van der Waals surface area (Å²) in [5.41, 5.74) is 0. The molecule has 88 valence electrons. The first-order valence-corrected chi connectivity index (χ1v) is 6.30. The monoisotopic (exact) mass is 237 g/mol. The lowest BCUT2D eigenvalue weighted by Crippen LogP contribution is -2.35. The SMILES string of the molecule is CCS(=O)(=O)CC(=O)NCC(C)C(=O)O. The lowest BCUT2D eigenvalue weighted by atomic mass is 10.2. The first-order valence-electron chi connectivity index (χ1n) is 4.48. The molecular weight excluding hydrogens is 222 g/mol. The Labute approximate surface area is 88.6 Å². The van der Waals surface area contributed by atoms with Gasteiger partial charge in [0.25, 0.3) is 0 Å². The summed E-state index contributed by atoms with van der Waals surface area (Å²) in [7, 11) is -3.35. The molecule has 15 heavy (non-hydrogen) atoms. The Bertz CT molecular complexity index is 335. The zero-order chi connectivity index (χ0) is 12.1. The third-order valence-electron chi connectivity index (χ3n) is 1.82. The van der Waals surface area contributed by atoms with Crippen molar-refractivity contribution in [2.24, 2.45) is 5.92 Å². The third-order valence-corrected chi connectivity index (χ3v) is 3.40. The van der Waals surface area contributed by atoms with Gasteiger partial charge in [-0.1, -0.05) is 13.8 Å². The molecule has 0 saturated heterocycles. The average Bonchev–Trinajstić information content (AvgIpc) is 2.13. The normalized spacial score (nSPS) is 13.2. The number of carboxylic acids is 1. The fraction of sp³-hybridized carbons (Fsp3) is 0.750. The number of carbonyl (C=O) groups excluding carboxylic acids is 1. The van der Waals surface area contributed by atoms with E-state index in [0.29, 0.717) is 0 Å². The lowest BCUT2D eigenvalue weighted by molar-refractivity contribution is -0.141. The number of carbonyl (C=O) groups is 2. The first-order chi connectivity index (χ1) is 6.78. The van der Waals surface area contributed by atoms with Gasteiger partial charge >= 0.3 is 5.97 Å². The summed E-state index contributed by atoms with van der Waals surface area (Å²) < 4.78 is 22.0. The van der Waals surface area contributed by atoms with Gasteiger partial charge in [-0.25, -0.2) is 8.42 Å². The number of hydrogen-bond acceptors (Lipinski definition) is 4. The van der Waals surface area contributed by atoms with E-state index in [1.165, 1.54) is 13.8 Å². The Hall–Kier alpha value is -1.11. The van der Waals surface area contributed by atoms with E-state index in [1.807, 2.05) is 0 Å². The van der Waals surface area contributed by atoms with E-state index >= 15 is 0 Å². The van der Waals surface area contributed by atoms with E-state index in [4.69, 9.17) is 5.11 Å². The van der Waals surface area contributed by atoms with Crippen molar-refractivity contribution in [2.45, 2.75) is 13.8 Å². The van der Waals surface area contributed by atoms with Crippen molar-refractivity contribution in [2.75, 3.05) is 18.1 Å². The van der Waals surface area contributed by atoms with Gasteiger partial charge in [0.2, 0.25) is 5.91 Å². The Morgan fingerprint density at radius 3 is 2.33 bits per heavy atom. The molecule has 6 nitrogen and oxygen atoms in total. The van der Waals surface area contributed by atoms with Gasteiger partial charge in [-0.3, -0.25) is 9.59 Å². The van der Waals surface area contributed by atoms with Gasteiger partial charge < -0.3 is 10.4 Å². The molecule has 7 heteroatoms. The highest BCUT2D eigenvalue weighted by molar-refractivity contribution is 7.92. The number of sulfone groups is 1. The van der Waals surface area contributed by atoms with Crippen LogP contribution in [0.5, 0.6) is 0 Å². The van der Waals surface area contributed by atoms with Gasteiger partial charge in [-0.15, -0.1) is 0 Å². The molecule has 0 bridgehead atoms. The molecule has 0 radical (unpaired) electrons. The highest BCUT2D eigenvalue weighted by Crippen LogP contribution is 1.93. The van der Waals surface area contributed by atoms with Crippen molar-refractivity contribution in [1.82, 2.24) is 5.32 Å². The summed E-state index contributed by atoms with van der Waals surface area (Å²) in [5.74, 6) is -3.11. The van der Waals surface area contributed by atoms with Crippen LogP contribution >= 0.6 is 0 Å². The number of nitrogens with one attached hydrogen (secondary N) is 1. The Morgan fingerprint density at radius 1 is 1.40 bits per heavy atom. The second-order valence-electron chi connectivity index (χ2n) is 3.22. The van der Waals surface area contributed by atoms with Crippen molar-refractivity contribution in [3.05, 3.63) is 0 Å². The Morgan fingerprint density at radius 2 is 1.93 bits per heavy atom. The summed E-state index contributed by atoms with van der Waals surface area (Å²) in [6, 6.07) is 0. The van der Waals surface area contributed by atoms with E-state index in [0.717, 1.165) is 0 Å². The smallest absolute Gasteiger partial charge is 0.308 e. The molecule has 0 aromatic heterocycles. The average molecular weight is 237 g/mol. The van der Waals surface area contributed by atoms with Crippen LogP contribution in [0.15, 0.2) is 0 Å². The molecule has 1 unspecified atom stereocenters. The minimum absolute atomic E-state index is 0.0621. The van der Waals surface area contributed by atoms with Gasteiger partial charge in [0.05, 0.1) is 5.92 Å². The summed E-state index contributed by atoms with van der Waals surface area (Å²) in [6.45, 7) is 2.81. The van der Waals surface area contributed by atoms with E-state index in [-0.39, 0.29) is 12.3 Å². The second kappa shape index (κ2) is 5.69. The number of hydrogen-bond donors (Lipinski definition) is 2. The van der Waals surface area contributed by atoms with Crippen molar-refractivity contribution in [1.29, 1.82) is 0 Å². The van der Waals surface area contributed by atoms with Crippen LogP contribution in [0.1, 0.15) is 13.8 Å². The van der Waals surface area contributed by atoms with Gasteiger partial charge in [-0.05, 0) is 0 Å². The molecular formula is C8H15NO5S. The van der Waals surface area contributed by atoms with Crippen LogP contribution in [0.4, 0.5) is 0 Å². The fourth-order valence-electron chi connectivity index (χ4n) is 0.707. The standard InChI is InChI=1S/C8H15NO5S/c1-3-15(13,14)5-7(10)9-4-6(2)8(11)12/h6H,3-5H2,1-2H3,(H,9,10)(H,11,12). The third kappa shape index (κ3) is 6.05. The number of aliphatic carboxylic acids is 1. The Kier molecular flexibility index (Phi) is 5.27. The van der Waals surface area contributed by atoms with E-state index in [2.05, 4.69) is 5.32 Å². The highest BCUT2D eigenvalue weighted by atomic mass is 32.2. The molecule has 0 aromatic rings. The number of rotatable bonds is 6. The molecule has 0 rings (SSSR count). The molecule has 0 heterocycles. The van der Waals surface area contributed by atoms with E-state index < -0.39 is 33.4 Å². The second-order valence-corrected chi connectivity index (χ2v) is 5.57. The van der Waals surface area contributed by atoms with Gasteiger partial charge in [0.1, 0.15) is 5.75 Å². The molecule has 0 aliphatic rings. The topological polar surface area (TPSA) is 101 Å². The van der Waals surface area contributed by atoms with Crippen molar-refractivity contribution >= 4 is 21.7 Å². The van der Waals surface area contributed by atoms with Crippen LogP contribution in [-0.4, -0.2) is 43.5 Å². The maximum absolute atomic E-state index is 11.1. The summed E-state index contributed by atoms with van der Waals surface area (Å²) in [5, 5.41) is 10.8. The molecule has 2 N–H and O–H groups in total. The zero-order valence-corrected chi connectivity index (χ0v) is 9.50. The van der Waals surface area contributed by atoms with Gasteiger partial charge in [-0.2, -0.15) is 0 Å². The first kappa shape index (κ1) is 13.9. The predicted octanol–water partition coefficient (Wildman–Crippen LogP) is -0.742. The number of amides is 1. The fourth-order valence-corrected chi connectivity index (χ4v) is 1.41. The molecule has 0 saturated carbocycles. The van der Waals surface area contributed by atoms with Crippen LogP contribution in [0.3, 0.4) is 0 Å². The largest absolute Gasteiger partial charge is 0.481 e. The Balaban J connectivity index is 4.02. The molecule has 0 aliphatic carbocycles. The summed E-state index contributed by atoms with van der Waals surface area (Å²) in [6.07, 6.45) is 0. The van der Waals surface area contributed by atoms with Crippen LogP contribution < -0.4 is 5.32 Å². The molecule has 0 spiro atoms. The van der Waals surface area contributed by atoms with Crippen molar-refractivity contribution < 1.29 is 23.1 Å². The molecule has 0 aliphatic heterocycles.